The molecular weight excluding hydrogens is 252 g/mol. The lowest BCUT2D eigenvalue weighted by atomic mass is 10.2. The molecular formula is C16H18N2O2. The molecule has 0 bridgehead atoms. The fourth-order valence-corrected chi connectivity index (χ4v) is 2.15. The van der Waals surface area contributed by atoms with Crippen LogP contribution in [0.5, 0.6) is 11.5 Å². The summed E-state index contributed by atoms with van der Waals surface area (Å²) in [5, 5.41) is 3.39. The molecule has 4 nitrogen and oxygen atoms in total. The maximum atomic E-state index is 5.68. The van der Waals surface area contributed by atoms with Gasteiger partial charge in [-0.1, -0.05) is 6.07 Å². The number of pyridine rings is 1. The second-order valence-corrected chi connectivity index (χ2v) is 4.71. The molecule has 4 heteroatoms. The van der Waals surface area contributed by atoms with Crippen LogP contribution in [0.3, 0.4) is 0 Å². The maximum Gasteiger partial charge on any atom is 0.163 e. The summed E-state index contributed by atoms with van der Waals surface area (Å²) >= 11 is 0. The van der Waals surface area contributed by atoms with E-state index in [0.717, 1.165) is 48.9 Å². The summed E-state index contributed by atoms with van der Waals surface area (Å²) in [4.78, 5) is 4.31. The summed E-state index contributed by atoms with van der Waals surface area (Å²) < 4.78 is 11.3. The maximum absolute atomic E-state index is 5.68. The van der Waals surface area contributed by atoms with Gasteiger partial charge >= 0.3 is 0 Å². The molecule has 1 N–H and O–H groups in total. The molecule has 0 saturated carbocycles. The number of benzene rings is 1. The van der Waals surface area contributed by atoms with Crippen LogP contribution >= 0.6 is 0 Å². The molecule has 1 aromatic heterocycles. The number of rotatable bonds is 4. The average molecular weight is 270 g/mol. The van der Waals surface area contributed by atoms with Crippen LogP contribution in [0.2, 0.25) is 0 Å². The van der Waals surface area contributed by atoms with Gasteiger partial charge in [0.1, 0.15) is 0 Å². The van der Waals surface area contributed by atoms with E-state index in [1.54, 1.807) is 0 Å². The number of fused-ring (bicyclic) bond motifs is 1. The van der Waals surface area contributed by atoms with Gasteiger partial charge in [-0.2, -0.15) is 0 Å². The van der Waals surface area contributed by atoms with Crippen molar-refractivity contribution >= 4 is 5.69 Å². The van der Waals surface area contributed by atoms with Crippen LogP contribution in [-0.4, -0.2) is 24.7 Å². The number of nitrogens with one attached hydrogen (secondary N) is 1. The summed E-state index contributed by atoms with van der Waals surface area (Å²) in [6.45, 7) is 2.28. The van der Waals surface area contributed by atoms with Crippen LogP contribution in [-0.2, 0) is 6.42 Å². The minimum atomic E-state index is 0.713. The number of nitrogens with zero attached hydrogens (tertiary/aromatic N) is 1. The second-order valence-electron chi connectivity index (χ2n) is 4.71. The molecule has 3 rings (SSSR count). The van der Waals surface area contributed by atoms with E-state index < -0.39 is 0 Å². The summed E-state index contributed by atoms with van der Waals surface area (Å²) in [5.41, 5.74) is 2.14. The van der Waals surface area contributed by atoms with Crippen molar-refractivity contribution in [1.82, 2.24) is 4.98 Å². The Balaban J connectivity index is 1.59. The van der Waals surface area contributed by atoms with Gasteiger partial charge in [0.15, 0.2) is 11.5 Å². The van der Waals surface area contributed by atoms with Crippen LogP contribution in [0.25, 0.3) is 0 Å². The molecule has 104 valence electrons. The first-order valence-corrected chi connectivity index (χ1v) is 6.95. The molecule has 0 atom stereocenters. The highest BCUT2D eigenvalue weighted by atomic mass is 16.5. The molecule has 0 spiro atoms. The quantitative estimate of drug-likeness (QED) is 0.927. The smallest absolute Gasteiger partial charge is 0.163 e. The van der Waals surface area contributed by atoms with Crippen molar-refractivity contribution in [2.24, 2.45) is 0 Å². The molecule has 0 aliphatic carbocycles. The zero-order valence-electron chi connectivity index (χ0n) is 11.3. The molecule has 0 amide bonds. The average Bonchev–Trinajstić information content (AvgIpc) is 2.73. The van der Waals surface area contributed by atoms with Crippen LogP contribution in [0.15, 0.2) is 42.6 Å². The van der Waals surface area contributed by atoms with Gasteiger partial charge in [0.2, 0.25) is 0 Å². The van der Waals surface area contributed by atoms with E-state index in [-0.39, 0.29) is 0 Å². The highest BCUT2D eigenvalue weighted by molar-refractivity contribution is 5.55. The molecule has 1 aliphatic heterocycles. The highest BCUT2D eigenvalue weighted by Gasteiger charge is 2.10. The Morgan fingerprint density at radius 1 is 1.05 bits per heavy atom. The summed E-state index contributed by atoms with van der Waals surface area (Å²) in [7, 11) is 0. The van der Waals surface area contributed by atoms with Gasteiger partial charge in [0, 0.05) is 43.0 Å². The molecule has 1 aliphatic rings. The Morgan fingerprint density at radius 3 is 2.80 bits per heavy atom. The van der Waals surface area contributed by atoms with E-state index in [4.69, 9.17) is 9.47 Å². The molecule has 0 unspecified atom stereocenters. The number of aromatic nitrogens is 1. The predicted molar refractivity (Wildman–Crippen MR) is 78.5 cm³/mol. The van der Waals surface area contributed by atoms with Gasteiger partial charge < -0.3 is 14.8 Å². The second kappa shape index (κ2) is 6.28. The number of ether oxygens (including phenoxy) is 2. The monoisotopic (exact) mass is 270 g/mol. The summed E-state index contributed by atoms with van der Waals surface area (Å²) in [6.07, 6.45) is 3.65. The fraction of sp³-hybridized carbons (Fsp3) is 0.312. The summed E-state index contributed by atoms with van der Waals surface area (Å²) in [6, 6.07) is 12.0. The first-order valence-electron chi connectivity index (χ1n) is 6.95. The van der Waals surface area contributed by atoms with Gasteiger partial charge in [-0.05, 0) is 24.3 Å². The van der Waals surface area contributed by atoms with Crippen LogP contribution in [0, 0.1) is 0 Å². The Morgan fingerprint density at radius 2 is 1.95 bits per heavy atom. The third kappa shape index (κ3) is 3.20. The third-order valence-electron chi connectivity index (χ3n) is 3.18. The van der Waals surface area contributed by atoms with Crippen molar-refractivity contribution in [2.75, 3.05) is 25.1 Å². The summed E-state index contributed by atoms with van der Waals surface area (Å²) in [5.74, 6) is 1.66. The van der Waals surface area contributed by atoms with Crippen molar-refractivity contribution in [3.8, 4) is 11.5 Å². The Bertz CT molecular complexity index is 558. The molecule has 1 aromatic carbocycles. The SMILES string of the molecule is c1ccc(CCNc2ccc3c(c2)OCCCO3)nc1. The molecule has 0 radical (unpaired) electrons. The zero-order chi connectivity index (χ0) is 13.6. The van der Waals surface area contributed by atoms with Crippen molar-refractivity contribution in [2.45, 2.75) is 12.8 Å². The standard InChI is InChI=1S/C16H18N2O2/c1-2-8-17-13(4-1)7-9-18-14-5-6-15-16(12-14)20-11-3-10-19-15/h1-2,4-6,8,12,18H,3,7,9-11H2. The van der Waals surface area contributed by atoms with Gasteiger partial charge in [-0.25, -0.2) is 0 Å². The molecule has 2 heterocycles. The number of hydrogen-bond donors (Lipinski definition) is 1. The van der Waals surface area contributed by atoms with E-state index in [9.17, 15) is 0 Å². The minimum Gasteiger partial charge on any atom is -0.490 e. The number of hydrogen-bond acceptors (Lipinski definition) is 4. The Kier molecular flexibility index (Phi) is 4.01. The largest absolute Gasteiger partial charge is 0.490 e. The lowest BCUT2D eigenvalue weighted by Crippen LogP contribution is -2.06. The first-order chi connectivity index (χ1) is 9.92. The first kappa shape index (κ1) is 12.8. The van der Waals surface area contributed by atoms with Crippen LogP contribution in [0.1, 0.15) is 12.1 Å². The lowest BCUT2D eigenvalue weighted by molar-refractivity contribution is 0.297. The molecule has 0 fully saturated rings. The van der Waals surface area contributed by atoms with E-state index in [1.165, 1.54) is 0 Å². The van der Waals surface area contributed by atoms with E-state index in [2.05, 4.69) is 10.3 Å². The van der Waals surface area contributed by atoms with Crippen molar-refractivity contribution in [1.29, 1.82) is 0 Å². The van der Waals surface area contributed by atoms with Crippen molar-refractivity contribution in [3.63, 3.8) is 0 Å². The molecule has 0 saturated heterocycles. The van der Waals surface area contributed by atoms with Gasteiger partial charge in [-0.3, -0.25) is 4.98 Å². The molecule has 20 heavy (non-hydrogen) atoms. The highest BCUT2D eigenvalue weighted by Crippen LogP contribution is 2.32. The van der Waals surface area contributed by atoms with Crippen molar-refractivity contribution < 1.29 is 9.47 Å². The van der Waals surface area contributed by atoms with Gasteiger partial charge in [0.05, 0.1) is 13.2 Å². The lowest BCUT2D eigenvalue weighted by Gasteiger charge is -2.11. The Labute approximate surface area is 118 Å². The third-order valence-corrected chi connectivity index (χ3v) is 3.18. The van der Waals surface area contributed by atoms with Crippen molar-refractivity contribution in [3.05, 3.63) is 48.3 Å². The number of anilines is 1. The van der Waals surface area contributed by atoms with Gasteiger partial charge in [-0.15, -0.1) is 0 Å². The predicted octanol–water partition coefficient (Wildman–Crippen LogP) is 2.90. The minimum absolute atomic E-state index is 0.713. The van der Waals surface area contributed by atoms with Gasteiger partial charge in [0.25, 0.3) is 0 Å². The fourth-order valence-electron chi connectivity index (χ4n) is 2.15. The topological polar surface area (TPSA) is 43.4 Å². The normalized spacial score (nSPS) is 13.6. The van der Waals surface area contributed by atoms with Crippen LogP contribution < -0.4 is 14.8 Å². The van der Waals surface area contributed by atoms with E-state index >= 15 is 0 Å². The Hall–Kier alpha value is -2.23. The van der Waals surface area contributed by atoms with E-state index in [0.29, 0.717) is 6.61 Å². The van der Waals surface area contributed by atoms with Crippen LogP contribution in [0.4, 0.5) is 5.69 Å². The zero-order valence-corrected chi connectivity index (χ0v) is 11.3. The molecule has 2 aromatic rings. The van der Waals surface area contributed by atoms with E-state index in [1.807, 2.05) is 42.6 Å².